The molecule has 1 atom stereocenters. The van der Waals surface area contributed by atoms with Gasteiger partial charge in [-0.05, 0) is 13.1 Å². The summed E-state index contributed by atoms with van der Waals surface area (Å²) in [5.41, 5.74) is 1.24. The summed E-state index contributed by atoms with van der Waals surface area (Å²) in [5, 5.41) is 13.0. The van der Waals surface area contributed by atoms with E-state index in [1.807, 2.05) is 0 Å². The summed E-state index contributed by atoms with van der Waals surface area (Å²) in [4.78, 5) is 26.8. The van der Waals surface area contributed by atoms with Gasteiger partial charge < -0.3 is 20.2 Å². The fraction of sp³-hybridized carbons (Fsp3) is 0.429. The van der Waals surface area contributed by atoms with Crippen molar-refractivity contribution in [1.82, 2.24) is 10.2 Å². The molecule has 1 aromatic rings. The van der Waals surface area contributed by atoms with Gasteiger partial charge in [-0.15, -0.1) is 0 Å². The minimum atomic E-state index is -0.723. The van der Waals surface area contributed by atoms with Gasteiger partial charge in [0.15, 0.2) is 0 Å². The molecule has 1 unspecified atom stereocenters. The van der Waals surface area contributed by atoms with E-state index in [0.29, 0.717) is 17.8 Å². The molecule has 1 aromatic carbocycles. The molecule has 6 nitrogen and oxygen atoms in total. The second-order valence-corrected chi connectivity index (χ2v) is 4.86. The summed E-state index contributed by atoms with van der Waals surface area (Å²) in [6.07, 6.45) is -0.723. The molecule has 0 spiro atoms. The zero-order chi connectivity index (χ0) is 14.7. The van der Waals surface area contributed by atoms with Crippen LogP contribution in [0.1, 0.15) is 11.7 Å². The Bertz CT molecular complexity index is 518. The molecule has 20 heavy (non-hydrogen) atoms. The normalized spacial score (nSPS) is 17.6. The number of carbonyl (C=O) groups is 2. The van der Waals surface area contributed by atoms with Crippen LogP contribution in [-0.2, 0) is 9.59 Å². The number of nitrogens with zero attached hydrogens (tertiary/aromatic N) is 2. The molecule has 2 rings (SSSR count). The Labute approximate surface area is 118 Å². The van der Waals surface area contributed by atoms with Crippen molar-refractivity contribution in [3.05, 3.63) is 29.8 Å². The van der Waals surface area contributed by atoms with Crippen LogP contribution in [-0.4, -0.2) is 55.6 Å². The van der Waals surface area contributed by atoms with Crippen LogP contribution < -0.4 is 10.2 Å². The number of rotatable bonds is 4. The second kappa shape index (κ2) is 6.02. The first-order valence-electron chi connectivity index (χ1n) is 6.50. The van der Waals surface area contributed by atoms with E-state index in [1.165, 1.54) is 9.80 Å². The van der Waals surface area contributed by atoms with Crippen molar-refractivity contribution in [2.24, 2.45) is 0 Å². The molecule has 1 saturated heterocycles. The Morgan fingerprint density at radius 2 is 1.95 bits per heavy atom. The van der Waals surface area contributed by atoms with Gasteiger partial charge in [-0.25, -0.2) is 0 Å². The molecule has 108 valence electrons. The van der Waals surface area contributed by atoms with Crippen LogP contribution in [0.2, 0.25) is 0 Å². The van der Waals surface area contributed by atoms with Crippen molar-refractivity contribution in [3.8, 4) is 0 Å². The average molecular weight is 277 g/mol. The smallest absolute Gasteiger partial charge is 0.247 e. The summed E-state index contributed by atoms with van der Waals surface area (Å²) >= 11 is 0. The van der Waals surface area contributed by atoms with Gasteiger partial charge in [0.2, 0.25) is 11.8 Å². The van der Waals surface area contributed by atoms with Gasteiger partial charge in [0.25, 0.3) is 0 Å². The van der Waals surface area contributed by atoms with Crippen LogP contribution in [0.15, 0.2) is 24.3 Å². The minimum absolute atomic E-state index is 0.0125. The van der Waals surface area contributed by atoms with Gasteiger partial charge in [-0.3, -0.25) is 9.59 Å². The lowest BCUT2D eigenvalue weighted by Gasteiger charge is -2.33. The summed E-state index contributed by atoms with van der Waals surface area (Å²) in [6, 6.07) is 7.12. The molecule has 2 N–H and O–H groups in total. The molecule has 0 aromatic heterocycles. The third kappa shape index (κ3) is 2.81. The first-order valence-corrected chi connectivity index (χ1v) is 6.50. The third-order valence-electron chi connectivity index (χ3n) is 3.38. The number of anilines is 1. The average Bonchev–Trinajstić information content (AvgIpc) is 2.43. The molecule has 0 aliphatic carbocycles. The van der Waals surface area contributed by atoms with Crippen LogP contribution in [0.5, 0.6) is 0 Å². The summed E-state index contributed by atoms with van der Waals surface area (Å²) in [5.74, 6) is -0.251. The summed E-state index contributed by atoms with van der Waals surface area (Å²) < 4.78 is 0. The number of amides is 2. The van der Waals surface area contributed by atoms with Crippen molar-refractivity contribution in [2.45, 2.75) is 6.10 Å². The maximum absolute atomic E-state index is 12.1. The maximum atomic E-state index is 12.1. The molecule has 2 amide bonds. The highest BCUT2D eigenvalue weighted by atomic mass is 16.3. The molecule has 1 aliphatic rings. The first-order chi connectivity index (χ1) is 9.54. The highest BCUT2D eigenvalue weighted by molar-refractivity contribution is 6.04. The minimum Gasteiger partial charge on any atom is -0.387 e. The number of piperazine rings is 1. The Hall–Kier alpha value is -1.92. The van der Waals surface area contributed by atoms with Crippen LogP contribution >= 0.6 is 0 Å². The number of hydrogen-bond acceptors (Lipinski definition) is 4. The van der Waals surface area contributed by atoms with Gasteiger partial charge in [0.1, 0.15) is 6.54 Å². The molecule has 6 heteroatoms. The van der Waals surface area contributed by atoms with Gasteiger partial charge in [-0.1, -0.05) is 18.2 Å². The molecule has 0 radical (unpaired) electrons. The molecule has 1 aliphatic heterocycles. The maximum Gasteiger partial charge on any atom is 0.247 e. The van der Waals surface area contributed by atoms with Crippen LogP contribution in [0, 0.1) is 0 Å². The Balaban J connectivity index is 2.32. The zero-order valence-corrected chi connectivity index (χ0v) is 11.7. The van der Waals surface area contributed by atoms with E-state index in [1.54, 1.807) is 38.4 Å². The molecule has 0 saturated carbocycles. The zero-order valence-electron chi connectivity index (χ0n) is 11.7. The summed E-state index contributed by atoms with van der Waals surface area (Å²) in [7, 11) is 3.36. The number of carbonyl (C=O) groups excluding carboxylic acids is 2. The van der Waals surface area contributed by atoms with Crippen molar-refractivity contribution in [2.75, 3.05) is 38.6 Å². The van der Waals surface area contributed by atoms with Gasteiger partial charge in [-0.2, -0.15) is 0 Å². The molecule has 0 bridgehead atoms. The predicted octanol–water partition coefficient (Wildman–Crippen LogP) is -0.256. The Kier molecular flexibility index (Phi) is 4.36. The fourth-order valence-electron chi connectivity index (χ4n) is 2.26. The van der Waals surface area contributed by atoms with Crippen LogP contribution in [0.4, 0.5) is 5.69 Å². The monoisotopic (exact) mass is 277 g/mol. The number of nitrogens with one attached hydrogen (secondary N) is 1. The van der Waals surface area contributed by atoms with Crippen molar-refractivity contribution >= 4 is 17.5 Å². The number of aliphatic hydroxyl groups is 1. The number of hydrogen-bond donors (Lipinski definition) is 2. The molecule has 1 fully saturated rings. The number of benzene rings is 1. The summed E-state index contributed by atoms with van der Waals surface area (Å²) in [6.45, 7) is 0.459. The first kappa shape index (κ1) is 14.5. The second-order valence-electron chi connectivity index (χ2n) is 4.86. The highest BCUT2D eigenvalue weighted by Gasteiger charge is 2.30. The lowest BCUT2D eigenvalue weighted by molar-refractivity contribution is -0.136. The SMILES string of the molecule is CNCC(O)c1ccccc1N1CC(=O)N(C)CC1=O. The van der Waals surface area contributed by atoms with E-state index < -0.39 is 6.10 Å². The van der Waals surface area contributed by atoms with E-state index in [9.17, 15) is 14.7 Å². The lowest BCUT2D eigenvalue weighted by atomic mass is 10.1. The number of aliphatic hydroxyl groups excluding tert-OH is 1. The number of para-hydroxylation sites is 1. The predicted molar refractivity (Wildman–Crippen MR) is 75.3 cm³/mol. The fourth-order valence-corrected chi connectivity index (χ4v) is 2.26. The highest BCUT2D eigenvalue weighted by Crippen LogP contribution is 2.27. The van der Waals surface area contributed by atoms with E-state index in [0.717, 1.165) is 0 Å². The lowest BCUT2D eigenvalue weighted by Crippen LogP contribution is -2.52. The molecular weight excluding hydrogens is 258 g/mol. The number of likely N-dealkylation sites (N-methyl/N-ethyl adjacent to an activating group) is 2. The molecular formula is C14H19N3O3. The van der Waals surface area contributed by atoms with E-state index in [4.69, 9.17) is 0 Å². The van der Waals surface area contributed by atoms with Crippen molar-refractivity contribution < 1.29 is 14.7 Å². The largest absolute Gasteiger partial charge is 0.387 e. The molecule has 1 heterocycles. The Morgan fingerprint density at radius 3 is 2.65 bits per heavy atom. The van der Waals surface area contributed by atoms with Crippen molar-refractivity contribution in [1.29, 1.82) is 0 Å². The van der Waals surface area contributed by atoms with Gasteiger partial charge in [0.05, 0.1) is 18.3 Å². The van der Waals surface area contributed by atoms with Crippen molar-refractivity contribution in [3.63, 3.8) is 0 Å². The topological polar surface area (TPSA) is 72.9 Å². The third-order valence-corrected chi connectivity index (χ3v) is 3.38. The van der Waals surface area contributed by atoms with Gasteiger partial charge >= 0.3 is 0 Å². The van der Waals surface area contributed by atoms with E-state index in [-0.39, 0.29) is 24.9 Å². The van der Waals surface area contributed by atoms with E-state index >= 15 is 0 Å². The van der Waals surface area contributed by atoms with Gasteiger partial charge in [0, 0.05) is 19.2 Å². The van der Waals surface area contributed by atoms with Crippen LogP contribution in [0.25, 0.3) is 0 Å². The van der Waals surface area contributed by atoms with E-state index in [2.05, 4.69) is 5.32 Å². The Morgan fingerprint density at radius 1 is 1.25 bits per heavy atom. The quantitative estimate of drug-likeness (QED) is 0.795. The van der Waals surface area contributed by atoms with Crippen LogP contribution in [0.3, 0.4) is 0 Å². The standard InChI is InChI=1S/C14H19N3O3/c1-15-7-12(18)10-5-3-4-6-11(10)17-9-13(19)16(2)8-14(17)20/h3-6,12,15,18H,7-9H2,1-2H3.